The van der Waals surface area contributed by atoms with Crippen molar-refractivity contribution in [2.24, 2.45) is 0 Å². The van der Waals surface area contributed by atoms with E-state index in [1.165, 1.54) is 30.3 Å². The Hall–Kier alpha value is -2.36. The number of phenolic OH excluding ortho intramolecular Hbond substituents is 4. The molecule has 0 fully saturated rings. The van der Waals surface area contributed by atoms with Gasteiger partial charge in [0.2, 0.25) is 0 Å². The minimum atomic E-state index is -0.136. The monoisotopic (exact) mass is 290 g/mol. The molecule has 2 aromatic rings. The van der Waals surface area contributed by atoms with Gasteiger partial charge in [-0.15, -0.1) is 0 Å². The Morgan fingerprint density at radius 3 is 1.57 bits per heavy atom. The molecule has 0 atom stereocenters. The van der Waals surface area contributed by atoms with Crippen LogP contribution in [0.3, 0.4) is 0 Å². The van der Waals surface area contributed by atoms with E-state index in [9.17, 15) is 10.2 Å². The van der Waals surface area contributed by atoms with Crippen LogP contribution in [-0.4, -0.2) is 20.4 Å². The molecule has 0 aliphatic carbocycles. The molecule has 4 nitrogen and oxygen atoms in total. The van der Waals surface area contributed by atoms with Gasteiger partial charge in [0.25, 0.3) is 0 Å². The minimum absolute atomic E-state index is 0.136. The Morgan fingerprint density at radius 2 is 1.19 bits per heavy atom. The third-order valence-electron chi connectivity index (χ3n) is 2.97. The smallest absolute Gasteiger partial charge is 0.119 e. The van der Waals surface area contributed by atoms with Crippen molar-refractivity contribution in [2.45, 2.75) is 33.1 Å². The van der Waals surface area contributed by atoms with Crippen LogP contribution in [0.15, 0.2) is 36.4 Å². The van der Waals surface area contributed by atoms with Crippen molar-refractivity contribution in [3.63, 3.8) is 0 Å². The summed E-state index contributed by atoms with van der Waals surface area (Å²) in [7, 11) is 0. The van der Waals surface area contributed by atoms with Gasteiger partial charge in [0, 0.05) is 5.56 Å². The van der Waals surface area contributed by atoms with Gasteiger partial charge in [-0.25, -0.2) is 0 Å². The number of benzene rings is 2. The van der Waals surface area contributed by atoms with Crippen molar-refractivity contribution in [2.75, 3.05) is 0 Å². The second-order valence-corrected chi connectivity index (χ2v) is 5.92. The van der Waals surface area contributed by atoms with Crippen LogP contribution in [0.25, 0.3) is 0 Å². The standard InChI is InChI=1S/C10H14O2.C7H8O2/c1-10(2,3)8-6-7(11)4-5-9(8)12;1-5-4-6(8)2-3-7(5)9/h4-6,11-12H,1-3H3;2-4,8-9H,1H3. The maximum absolute atomic E-state index is 9.46. The van der Waals surface area contributed by atoms with Gasteiger partial charge in [-0.2, -0.15) is 0 Å². The summed E-state index contributed by atoms with van der Waals surface area (Å²) >= 11 is 0. The Bertz CT molecular complexity index is 613. The summed E-state index contributed by atoms with van der Waals surface area (Å²) in [5, 5.41) is 36.4. The van der Waals surface area contributed by atoms with Crippen molar-refractivity contribution in [3.8, 4) is 23.0 Å². The van der Waals surface area contributed by atoms with Crippen LogP contribution in [0, 0.1) is 6.92 Å². The number of phenols is 4. The van der Waals surface area contributed by atoms with E-state index in [0.717, 1.165) is 5.56 Å². The molecular weight excluding hydrogens is 268 g/mol. The average Bonchev–Trinajstić information content (AvgIpc) is 2.37. The van der Waals surface area contributed by atoms with Crippen molar-refractivity contribution in [1.29, 1.82) is 0 Å². The molecule has 2 aromatic carbocycles. The molecular formula is C17H22O4. The Labute approximate surface area is 124 Å². The summed E-state index contributed by atoms with van der Waals surface area (Å²) in [5.41, 5.74) is 1.32. The van der Waals surface area contributed by atoms with Crippen molar-refractivity contribution in [1.82, 2.24) is 0 Å². The molecule has 0 aromatic heterocycles. The van der Waals surface area contributed by atoms with E-state index >= 15 is 0 Å². The molecule has 0 bridgehead atoms. The van der Waals surface area contributed by atoms with E-state index in [4.69, 9.17) is 10.2 Å². The van der Waals surface area contributed by atoms with Crippen LogP contribution in [0.5, 0.6) is 23.0 Å². The van der Waals surface area contributed by atoms with Gasteiger partial charge in [0.1, 0.15) is 23.0 Å². The lowest BCUT2D eigenvalue weighted by Crippen LogP contribution is -2.10. The third kappa shape index (κ3) is 4.91. The highest BCUT2D eigenvalue weighted by molar-refractivity contribution is 5.42. The fourth-order valence-corrected chi connectivity index (χ4v) is 1.76. The van der Waals surface area contributed by atoms with Crippen LogP contribution >= 0.6 is 0 Å². The maximum Gasteiger partial charge on any atom is 0.119 e. The van der Waals surface area contributed by atoms with E-state index in [1.807, 2.05) is 20.8 Å². The summed E-state index contributed by atoms with van der Waals surface area (Å²) in [6.45, 7) is 7.69. The van der Waals surface area contributed by atoms with E-state index in [-0.39, 0.29) is 28.4 Å². The highest BCUT2D eigenvalue weighted by atomic mass is 16.3. The third-order valence-corrected chi connectivity index (χ3v) is 2.97. The molecule has 0 unspecified atom stereocenters. The molecule has 0 radical (unpaired) electrons. The number of hydrogen-bond acceptors (Lipinski definition) is 4. The highest BCUT2D eigenvalue weighted by Crippen LogP contribution is 2.32. The first kappa shape index (κ1) is 16.7. The van der Waals surface area contributed by atoms with Gasteiger partial charge in [-0.1, -0.05) is 20.8 Å². The Kier molecular flexibility index (Phi) is 5.08. The first-order valence-electron chi connectivity index (χ1n) is 6.62. The zero-order chi connectivity index (χ0) is 16.2. The SMILES string of the molecule is CC(C)(C)c1cc(O)ccc1O.Cc1cc(O)ccc1O. The number of hydrogen-bond donors (Lipinski definition) is 4. The molecule has 0 spiro atoms. The second kappa shape index (κ2) is 6.39. The molecule has 114 valence electrons. The molecule has 0 heterocycles. The molecule has 0 aliphatic rings. The summed E-state index contributed by atoms with van der Waals surface area (Å²) in [6.07, 6.45) is 0. The highest BCUT2D eigenvalue weighted by Gasteiger charge is 2.17. The first-order chi connectivity index (χ1) is 9.61. The zero-order valence-electron chi connectivity index (χ0n) is 12.8. The van der Waals surface area contributed by atoms with Gasteiger partial charge in [-0.05, 0) is 54.3 Å². The van der Waals surface area contributed by atoms with E-state index in [1.54, 1.807) is 13.0 Å². The minimum Gasteiger partial charge on any atom is -0.508 e. The molecule has 2 rings (SSSR count). The molecule has 0 saturated carbocycles. The van der Waals surface area contributed by atoms with Crippen LogP contribution in [0.1, 0.15) is 31.9 Å². The predicted octanol–water partition coefficient (Wildman–Crippen LogP) is 3.80. The van der Waals surface area contributed by atoms with E-state index in [2.05, 4.69) is 0 Å². The van der Waals surface area contributed by atoms with Crippen LogP contribution in [-0.2, 0) is 5.41 Å². The van der Waals surface area contributed by atoms with Crippen molar-refractivity contribution < 1.29 is 20.4 Å². The lowest BCUT2D eigenvalue weighted by Gasteiger charge is -2.20. The van der Waals surface area contributed by atoms with Gasteiger partial charge in [0.05, 0.1) is 0 Å². The number of rotatable bonds is 0. The van der Waals surface area contributed by atoms with E-state index in [0.29, 0.717) is 5.56 Å². The van der Waals surface area contributed by atoms with Crippen molar-refractivity contribution in [3.05, 3.63) is 47.5 Å². The summed E-state index contributed by atoms with van der Waals surface area (Å²) in [6, 6.07) is 9.00. The first-order valence-corrected chi connectivity index (χ1v) is 6.62. The normalized spacial score (nSPS) is 10.7. The second-order valence-electron chi connectivity index (χ2n) is 5.92. The molecule has 4 N–H and O–H groups in total. The molecule has 0 saturated heterocycles. The number of aromatic hydroxyl groups is 4. The largest absolute Gasteiger partial charge is 0.508 e. The molecule has 4 heteroatoms. The molecule has 0 amide bonds. The molecule has 0 aliphatic heterocycles. The fourth-order valence-electron chi connectivity index (χ4n) is 1.76. The topological polar surface area (TPSA) is 80.9 Å². The Balaban J connectivity index is 0.000000219. The summed E-state index contributed by atoms with van der Waals surface area (Å²) in [5.74, 6) is 0.830. The molecule has 21 heavy (non-hydrogen) atoms. The summed E-state index contributed by atoms with van der Waals surface area (Å²) < 4.78 is 0. The Morgan fingerprint density at radius 1 is 0.714 bits per heavy atom. The van der Waals surface area contributed by atoms with E-state index < -0.39 is 0 Å². The van der Waals surface area contributed by atoms with Gasteiger partial charge in [0.15, 0.2) is 0 Å². The van der Waals surface area contributed by atoms with Gasteiger partial charge < -0.3 is 20.4 Å². The lowest BCUT2D eigenvalue weighted by atomic mass is 9.86. The maximum atomic E-state index is 9.46. The summed E-state index contributed by atoms with van der Waals surface area (Å²) in [4.78, 5) is 0. The number of aryl methyl sites for hydroxylation is 1. The van der Waals surface area contributed by atoms with Crippen LogP contribution in [0.4, 0.5) is 0 Å². The zero-order valence-corrected chi connectivity index (χ0v) is 12.8. The van der Waals surface area contributed by atoms with Crippen LogP contribution < -0.4 is 0 Å². The average molecular weight is 290 g/mol. The van der Waals surface area contributed by atoms with Gasteiger partial charge in [-0.3, -0.25) is 0 Å². The van der Waals surface area contributed by atoms with Crippen molar-refractivity contribution >= 4 is 0 Å². The van der Waals surface area contributed by atoms with Crippen LogP contribution in [0.2, 0.25) is 0 Å². The quantitative estimate of drug-likeness (QED) is 0.556. The lowest BCUT2D eigenvalue weighted by molar-refractivity contribution is 0.435. The predicted molar refractivity (Wildman–Crippen MR) is 83.0 cm³/mol. The van der Waals surface area contributed by atoms with Gasteiger partial charge >= 0.3 is 0 Å². The fraction of sp³-hybridized carbons (Fsp3) is 0.294.